The topological polar surface area (TPSA) is 32.8 Å². The number of benzene rings is 1. The van der Waals surface area contributed by atoms with Gasteiger partial charge in [-0.25, -0.2) is 0 Å². The summed E-state index contributed by atoms with van der Waals surface area (Å²) in [6, 6.07) is 9.61. The Morgan fingerprint density at radius 2 is 1.92 bits per heavy atom. The smallest absolute Gasteiger partial charge is 0.114 e. The number of hydrogen-bond acceptors (Lipinski definition) is 2. The third-order valence-corrected chi connectivity index (χ3v) is 2.21. The van der Waals surface area contributed by atoms with E-state index in [-0.39, 0.29) is 12.2 Å². The average Bonchev–Trinajstić information content (AvgIpc) is 2.83. The van der Waals surface area contributed by atoms with E-state index in [4.69, 9.17) is 4.74 Å². The van der Waals surface area contributed by atoms with Gasteiger partial charge in [0.2, 0.25) is 0 Å². The van der Waals surface area contributed by atoms with Gasteiger partial charge in [0.05, 0.1) is 6.10 Å². The lowest BCUT2D eigenvalue weighted by molar-refractivity contribution is 0.137. The lowest BCUT2D eigenvalue weighted by Gasteiger charge is -2.06. The van der Waals surface area contributed by atoms with E-state index >= 15 is 0 Å². The van der Waals surface area contributed by atoms with Crippen molar-refractivity contribution in [2.45, 2.75) is 25.2 Å². The van der Waals surface area contributed by atoms with Crippen LogP contribution in [0.5, 0.6) is 0 Å². The molecule has 0 bridgehead atoms. The van der Waals surface area contributed by atoms with Crippen molar-refractivity contribution >= 4 is 0 Å². The van der Waals surface area contributed by atoms with Gasteiger partial charge in [-0.2, -0.15) is 0 Å². The van der Waals surface area contributed by atoms with E-state index in [1.165, 1.54) is 0 Å². The average molecular weight is 164 g/mol. The fraction of sp³-hybridized carbons (Fsp3) is 0.400. The van der Waals surface area contributed by atoms with Crippen molar-refractivity contribution in [3.05, 3.63) is 35.9 Å². The Morgan fingerprint density at radius 1 is 1.33 bits per heavy atom. The fourth-order valence-corrected chi connectivity index (χ4v) is 1.37. The highest BCUT2D eigenvalue weighted by molar-refractivity contribution is 5.20. The maximum absolute atomic E-state index is 9.71. The van der Waals surface area contributed by atoms with Gasteiger partial charge in [0.25, 0.3) is 0 Å². The number of aliphatic hydroxyl groups is 1. The Bertz CT molecular complexity index is 258. The molecule has 0 aromatic heterocycles. The second-order valence-electron chi connectivity index (χ2n) is 3.16. The van der Waals surface area contributed by atoms with Crippen LogP contribution in [0.1, 0.15) is 18.6 Å². The maximum atomic E-state index is 9.71. The van der Waals surface area contributed by atoms with Crippen LogP contribution < -0.4 is 0 Å². The van der Waals surface area contributed by atoms with Crippen molar-refractivity contribution in [2.75, 3.05) is 0 Å². The van der Waals surface area contributed by atoms with Crippen molar-refractivity contribution in [1.29, 1.82) is 0 Å². The van der Waals surface area contributed by atoms with Gasteiger partial charge in [-0.1, -0.05) is 30.3 Å². The van der Waals surface area contributed by atoms with Gasteiger partial charge in [-0.15, -0.1) is 0 Å². The Balaban J connectivity index is 2.10. The maximum Gasteiger partial charge on any atom is 0.114 e. The van der Waals surface area contributed by atoms with Gasteiger partial charge in [0.1, 0.15) is 12.2 Å². The Labute approximate surface area is 71.8 Å². The van der Waals surface area contributed by atoms with Crippen LogP contribution in [0.2, 0.25) is 0 Å². The minimum Gasteiger partial charge on any atom is -0.386 e. The molecular weight excluding hydrogens is 152 g/mol. The Hall–Kier alpha value is -0.860. The van der Waals surface area contributed by atoms with Gasteiger partial charge >= 0.3 is 0 Å². The predicted molar refractivity (Wildman–Crippen MR) is 45.7 cm³/mol. The third kappa shape index (κ3) is 1.36. The standard InChI is InChI=1S/C10H12O2/c1-7-10(12-7)9(11)8-5-3-2-4-6-8/h2-7,9-11H,1H3/t7-,9-,10+/m1/s1. The minimum atomic E-state index is -0.457. The summed E-state index contributed by atoms with van der Waals surface area (Å²) < 4.78 is 5.18. The van der Waals surface area contributed by atoms with E-state index in [2.05, 4.69) is 0 Å². The molecule has 0 amide bonds. The summed E-state index contributed by atoms with van der Waals surface area (Å²) in [7, 11) is 0. The Morgan fingerprint density at radius 3 is 2.42 bits per heavy atom. The van der Waals surface area contributed by atoms with E-state index in [9.17, 15) is 5.11 Å². The van der Waals surface area contributed by atoms with Crippen LogP contribution in [0.25, 0.3) is 0 Å². The zero-order valence-corrected chi connectivity index (χ0v) is 6.97. The molecule has 1 aliphatic rings. The second kappa shape index (κ2) is 2.88. The zero-order chi connectivity index (χ0) is 8.55. The van der Waals surface area contributed by atoms with E-state index in [0.717, 1.165) is 5.56 Å². The van der Waals surface area contributed by atoms with Crippen LogP contribution in [0.4, 0.5) is 0 Å². The number of aliphatic hydroxyl groups excluding tert-OH is 1. The lowest BCUT2D eigenvalue weighted by Crippen LogP contribution is -2.06. The molecule has 0 unspecified atom stereocenters. The molecular formula is C10H12O2. The van der Waals surface area contributed by atoms with Gasteiger partial charge in [0, 0.05) is 0 Å². The van der Waals surface area contributed by atoms with E-state index in [0.29, 0.717) is 0 Å². The van der Waals surface area contributed by atoms with E-state index < -0.39 is 6.10 Å². The molecule has 0 aliphatic carbocycles. The number of hydrogen-bond donors (Lipinski definition) is 1. The fourth-order valence-electron chi connectivity index (χ4n) is 1.37. The highest BCUT2D eigenvalue weighted by Crippen LogP contribution is 2.33. The van der Waals surface area contributed by atoms with Gasteiger partial charge in [-0.05, 0) is 12.5 Å². The molecule has 1 N–H and O–H groups in total. The minimum absolute atomic E-state index is 0.00685. The van der Waals surface area contributed by atoms with Crippen molar-refractivity contribution in [3.63, 3.8) is 0 Å². The van der Waals surface area contributed by atoms with Crippen LogP contribution in [-0.2, 0) is 4.74 Å². The van der Waals surface area contributed by atoms with Gasteiger partial charge in [0.15, 0.2) is 0 Å². The molecule has 0 spiro atoms. The van der Waals surface area contributed by atoms with Crippen LogP contribution in [-0.4, -0.2) is 17.3 Å². The first-order valence-electron chi connectivity index (χ1n) is 4.17. The van der Waals surface area contributed by atoms with Gasteiger partial charge in [-0.3, -0.25) is 0 Å². The summed E-state index contributed by atoms with van der Waals surface area (Å²) in [5, 5.41) is 9.71. The quantitative estimate of drug-likeness (QED) is 0.672. The molecule has 0 radical (unpaired) electrons. The highest BCUT2D eigenvalue weighted by atomic mass is 16.6. The summed E-state index contributed by atoms with van der Waals surface area (Å²) in [5.41, 5.74) is 0.937. The summed E-state index contributed by atoms with van der Waals surface area (Å²) in [6.07, 6.45) is -0.242. The van der Waals surface area contributed by atoms with Crippen molar-refractivity contribution in [1.82, 2.24) is 0 Å². The zero-order valence-electron chi connectivity index (χ0n) is 6.97. The molecule has 1 aromatic carbocycles. The van der Waals surface area contributed by atoms with Crippen LogP contribution in [0.3, 0.4) is 0 Å². The number of epoxide rings is 1. The summed E-state index contributed by atoms with van der Waals surface area (Å²) in [6.45, 7) is 1.97. The SMILES string of the molecule is C[C@H]1O[C@@H]1[C@H](O)c1ccccc1. The molecule has 1 fully saturated rings. The largest absolute Gasteiger partial charge is 0.386 e. The number of ether oxygens (including phenoxy) is 1. The molecule has 1 aromatic rings. The molecule has 1 heterocycles. The summed E-state index contributed by atoms with van der Waals surface area (Å²) in [5.74, 6) is 0. The molecule has 64 valence electrons. The lowest BCUT2D eigenvalue weighted by atomic mass is 10.1. The van der Waals surface area contributed by atoms with Crippen molar-refractivity contribution in [2.24, 2.45) is 0 Å². The van der Waals surface area contributed by atoms with Crippen molar-refractivity contribution in [3.8, 4) is 0 Å². The molecule has 1 aliphatic heterocycles. The van der Waals surface area contributed by atoms with Crippen LogP contribution in [0, 0.1) is 0 Å². The first-order valence-corrected chi connectivity index (χ1v) is 4.17. The van der Waals surface area contributed by atoms with Crippen molar-refractivity contribution < 1.29 is 9.84 Å². The van der Waals surface area contributed by atoms with Gasteiger partial charge < -0.3 is 9.84 Å². The molecule has 12 heavy (non-hydrogen) atoms. The molecule has 2 rings (SSSR count). The highest BCUT2D eigenvalue weighted by Gasteiger charge is 2.41. The monoisotopic (exact) mass is 164 g/mol. The first kappa shape index (κ1) is 7.77. The Kier molecular flexibility index (Phi) is 1.87. The molecule has 1 saturated heterocycles. The second-order valence-corrected chi connectivity index (χ2v) is 3.16. The molecule has 3 atom stereocenters. The molecule has 2 nitrogen and oxygen atoms in total. The van der Waals surface area contributed by atoms with Crippen LogP contribution in [0.15, 0.2) is 30.3 Å². The third-order valence-electron chi connectivity index (χ3n) is 2.21. The normalized spacial score (nSPS) is 29.8. The molecule has 2 heteroatoms. The summed E-state index contributed by atoms with van der Waals surface area (Å²) >= 11 is 0. The summed E-state index contributed by atoms with van der Waals surface area (Å²) in [4.78, 5) is 0. The van der Waals surface area contributed by atoms with E-state index in [1.807, 2.05) is 37.3 Å². The predicted octanol–water partition coefficient (Wildman–Crippen LogP) is 1.51. The number of rotatable bonds is 2. The van der Waals surface area contributed by atoms with Crippen LogP contribution >= 0.6 is 0 Å². The first-order chi connectivity index (χ1) is 5.79. The van der Waals surface area contributed by atoms with E-state index in [1.54, 1.807) is 0 Å². The molecule has 0 saturated carbocycles.